The van der Waals surface area contributed by atoms with Crippen molar-refractivity contribution in [2.45, 2.75) is 13.0 Å². The predicted molar refractivity (Wildman–Crippen MR) is 127 cm³/mol. The topological polar surface area (TPSA) is 89.0 Å². The number of nitrogens with one attached hydrogen (secondary N) is 2. The minimum Gasteiger partial charge on any atom is -0.497 e. The van der Waals surface area contributed by atoms with E-state index in [1.165, 1.54) is 6.21 Å². The zero-order valence-electron chi connectivity index (χ0n) is 17.4. The summed E-state index contributed by atoms with van der Waals surface area (Å²) in [5.41, 5.74) is 4.66. The van der Waals surface area contributed by atoms with Gasteiger partial charge in [0, 0.05) is 15.7 Å². The van der Waals surface area contributed by atoms with Crippen LogP contribution in [0.3, 0.4) is 0 Å². The maximum atomic E-state index is 12.0. The summed E-state index contributed by atoms with van der Waals surface area (Å²) >= 11 is 3.41. The number of amides is 2. The van der Waals surface area contributed by atoms with Crippen LogP contribution in [0.15, 0.2) is 82.4 Å². The van der Waals surface area contributed by atoms with Crippen LogP contribution < -0.4 is 20.2 Å². The van der Waals surface area contributed by atoms with Crippen molar-refractivity contribution in [1.82, 2.24) is 5.43 Å². The summed E-state index contributed by atoms with van der Waals surface area (Å²) in [6, 6.07) is 22.0. The van der Waals surface area contributed by atoms with E-state index in [1.54, 1.807) is 31.4 Å². The molecular weight excluding hydrogens is 474 g/mol. The van der Waals surface area contributed by atoms with Crippen LogP contribution >= 0.6 is 15.9 Å². The van der Waals surface area contributed by atoms with Gasteiger partial charge in [-0.25, -0.2) is 5.43 Å². The number of ether oxygens (including phenoxy) is 2. The molecule has 0 fully saturated rings. The maximum Gasteiger partial charge on any atom is 0.249 e. The standard InChI is InChI=1S/C24H22BrN3O4/c1-31-21-12-10-20(11-13-21)27-23(29)14-24(30)28-26-15-18-4-2-3-5-22(18)32-16-17-6-8-19(25)9-7-17/h2-13,15H,14,16H2,1H3,(H,27,29)(H,28,30). The summed E-state index contributed by atoms with van der Waals surface area (Å²) in [6.07, 6.45) is 1.13. The third kappa shape index (κ3) is 7.24. The van der Waals surface area contributed by atoms with E-state index in [1.807, 2.05) is 48.5 Å². The second kappa shape index (κ2) is 11.7. The number of halogens is 1. The first-order valence-electron chi connectivity index (χ1n) is 9.75. The van der Waals surface area contributed by atoms with Crippen molar-refractivity contribution in [3.05, 3.63) is 88.4 Å². The number of hydrogen-bond acceptors (Lipinski definition) is 5. The number of rotatable bonds is 9. The van der Waals surface area contributed by atoms with E-state index in [2.05, 4.69) is 31.8 Å². The molecule has 0 aliphatic rings. The van der Waals surface area contributed by atoms with Gasteiger partial charge in [-0.3, -0.25) is 9.59 Å². The van der Waals surface area contributed by atoms with Crippen molar-refractivity contribution in [1.29, 1.82) is 0 Å². The molecule has 3 aromatic carbocycles. The van der Waals surface area contributed by atoms with E-state index in [0.717, 1.165) is 10.0 Å². The Bertz CT molecular complexity index is 1080. The molecule has 0 aliphatic carbocycles. The molecule has 2 amide bonds. The van der Waals surface area contributed by atoms with E-state index in [9.17, 15) is 9.59 Å². The maximum absolute atomic E-state index is 12.0. The number of para-hydroxylation sites is 1. The van der Waals surface area contributed by atoms with E-state index in [-0.39, 0.29) is 6.42 Å². The molecule has 0 unspecified atom stereocenters. The molecule has 164 valence electrons. The number of anilines is 1. The van der Waals surface area contributed by atoms with Gasteiger partial charge in [-0.2, -0.15) is 5.10 Å². The van der Waals surface area contributed by atoms with E-state index in [0.29, 0.717) is 29.4 Å². The molecule has 0 atom stereocenters. The Morgan fingerprint density at radius 2 is 1.69 bits per heavy atom. The smallest absolute Gasteiger partial charge is 0.249 e. The van der Waals surface area contributed by atoms with Crippen LogP contribution in [-0.2, 0) is 16.2 Å². The van der Waals surface area contributed by atoms with Crippen LogP contribution in [0.4, 0.5) is 5.69 Å². The molecule has 0 aliphatic heterocycles. The summed E-state index contributed by atoms with van der Waals surface area (Å²) < 4.78 is 11.9. The number of benzene rings is 3. The Labute approximate surface area is 194 Å². The van der Waals surface area contributed by atoms with Gasteiger partial charge < -0.3 is 14.8 Å². The molecule has 0 bridgehead atoms. The van der Waals surface area contributed by atoms with Gasteiger partial charge >= 0.3 is 0 Å². The normalized spacial score (nSPS) is 10.6. The summed E-state index contributed by atoms with van der Waals surface area (Å²) in [7, 11) is 1.56. The van der Waals surface area contributed by atoms with Crippen LogP contribution in [-0.4, -0.2) is 25.1 Å². The molecule has 0 saturated carbocycles. The van der Waals surface area contributed by atoms with Crippen LogP contribution in [0.2, 0.25) is 0 Å². The highest BCUT2D eigenvalue weighted by Crippen LogP contribution is 2.19. The first kappa shape index (κ1) is 23.0. The fraction of sp³-hybridized carbons (Fsp3) is 0.125. The Hall–Kier alpha value is -3.65. The van der Waals surface area contributed by atoms with Gasteiger partial charge in [-0.1, -0.05) is 40.2 Å². The Balaban J connectivity index is 1.49. The van der Waals surface area contributed by atoms with Crippen molar-refractivity contribution in [3.63, 3.8) is 0 Å². The minimum atomic E-state index is -0.527. The molecule has 0 spiro atoms. The fourth-order valence-corrected chi connectivity index (χ4v) is 2.96. The molecule has 2 N–H and O–H groups in total. The lowest BCUT2D eigenvalue weighted by Gasteiger charge is -2.09. The Morgan fingerprint density at radius 3 is 2.41 bits per heavy atom. The van der Waals surface area contributed by atoms with Crippen molar-refractivity contribution in [2.75, 3.05) is 12.4 Å². The number of carbonyl (C=O) groups excluding carboxylic acids is 2. The number of carbonyl (C=O) groups is 2. The Morgan fingerprint density at radius 1 is 0.969 bits per heavy atom. The molecule has 0 aromatic heterocycles. The van der Waals surface area contributed by atoms with Gasteiger partial charge in [0.05, 0.1) is 13.3 Å². The number of methoxy groups -OCH3 is 1. The zero-order chi connectivity index (χ0) is 22.8. The number of hydrazone groups is 1. The largest absolute Gasteiger partial charge is 0.497 e. The summed E-state index contributed by atoms with van der Waals surface area (Å²) in [6.45, 7) is 0.399. The van der Waals surface area contributed by atoms with Crippen molar-refractivity contribution in [3.8, 4) is 11.5 Å². The van der Waals surface area contributed by atoms with Crippen LogP contribution in [0.5, 0.6) is 11.5 Å². The highest BCUT2D eigenvalue weighted by Gasteiger charge is 2.09. The lowest BCUT2D eigenvalue weighted by molar-refractivity contribution is -0.126. The molecule has 7 nitrogen and oxygen atoms in total. The zero-order valence-corrected chi connectivity index (χ0v) is 19.0. The average molecular weight is 496 g/mol. The van der Waals surface area contributed by atoms with Gasteiger partial charge in [0.1, 0.15) is 24.5 Å². The van der Waals surface area contributed by atoms with Crippen molar-refractivity contribution >= 4 is 39.6 Å². The second-order valence-electron chi connectivity index (χ2n) is 6.70. The molecular formula is C24H22BrN3O4. The monoisotopic (exact) mass is 495 g/mol. The van der Waals surface area contributed by atoms with Crippen LogP contribution in [0, 0.1) is 0 Å². The summed E-state index contributed by atoms with van der Waals surface area (Å²) in [5, 5.41) is 6.59. The van der Waals surface area contributed by atoms with Gasteiger partial charge in [0.2, 0.25) is 11.8 Å². The summed E-state index contributed by atoms with van der Waals surface area (Å²) in [5.74, 6) is 0.337. The minimum absolute atomic E-state index is 0.356. The molecule has 3 rings (SSSR count). The number of nitrogens with zero attached hydrogens (tertiary/aromatic N) is 1. The molecule has 8 heteroatoms. The van der Waals surface area contributed by atoms with Gasteiger partial charge in [-0.15, -0.1) is 0 Å². The Kier molecular flexibility index (Phi) is 8.39. The van der Waals surface area contributed by atoms with Crippen molar-refractivity contribution < 1.29 is 19.1 Å². The third-order valence-electron chi connectivity index (χ3n) is 4.31. The quantitative estimate of drug-likeness (QED) is 0.259. The molecule has 0 heterocycles. The predicted octanol–water partition coefficient (Wildman–Crippen LogP) is 4.52. The highest BCUT2D eigenvalue weighted by molar-refractivity contribution is 9.10. The first-order chi connectivity index (χ1) is 15.5. The van der Waals surface area contributed by atoms with E-state index < -0.39 is 11.8 Å². The molecule has 0 saturated heterocycles. The molecule has 0 radical (unpaired) electrons. The summed E-state index contributed by atoms with van der Waals surface area (Å²) in [4.78, 5) is 24.0. The van der Waals surface area contributed by atoms with E-state index >= 15 is 0 Å². The van der Waals surface area contributed by atoms with Gasteiger partial charge in [0.15, 0.2) is 0 Å². The second-order valence-corrected chi connectivity index (χ2v) is 7.62. The lowest BCUT2D eigenvalue weighted by atomic mass is 10.2. The van der Waals surface area contributed by atoms with Gasteiger partial charge in [-0.05, 0) is 54.1 Å². The van der Waals surface area contributed by atoms with Crippen LogP contribution in [0.25, 0.3) is 0 Å². The first-order valence-corrected chi connectivity index (χ1v) is 10.5. The molecule has 3 aromatic rings. The lowest BCUT2D eigenvalue weighted by Crippen LogP contribution is -2.24. The van der Waals surface area contributed by atoms with Crippen molar-refractivity contribution in [2.24, 2.45) is 5.10 Å². The average Bonchev–Trinajstić information content (AvgIpc) is 2.80. The fourth-order valence-electron chi connectivity index (χ4n) is 2.70. The van der Waals surface area contributed by atoms with E-state index in [4.69, 9.17) is 9.47 Å². The van der Waals surface area contributed by atoms with Gasteiger partial charge in [0.25, 0.3) is 0 Å². The van der Waals surface area contributed by atoms with Crippen LogP contribution in [0.1, 0.15) is 17.5 Å². The SMILES string of the molecule is COc1ccc(NC(=O)CC(=O)NN=Cc2ccccc2OCc2ccc(Br)cc2)cc1. The highest BCUT2D eigenvalue weighted by atomic mass is 79.9. The number of hydrogen-bond donors (Lipinski definition) is 2. The third-order valence-corrected chi connectivity index (χ3v) is 4.84. The molecule has 32 heavy (non-hydrogen) atoms.